The Kier molecular flexibility index (Phi) is 6.99. The summed E-state index contributed by atoms with van der Waals surface area (Å²) in [6.07, 6.45) is 1.57. The molecule has 1 fully saturated rings. The smallest absolute Gasteiger partial charge is 0.256 e. The molecule has 8 nitrogen and oxygen atoms in total. The van der Waals surface area contributed by atoms with Crippen molar-refractivity contribution in [2.45, 2.75) is 19.4 Å². The molecular formula is C30H30F2N4O4. The number of hydrogen-bond donors (Lipinski definition) is 3. The maximum atomic E-state index is 14.8. The van der Waals surface area contributed by atoms with Crippen LogP contribution in [-0.4, -0.2) is 83.7 Å². The first-order chi connectivity index (χ1) is 19.3. The number of benzene rings is 2. The van der Waals surface area contributed by atoms with Crippen LogP contribution in [0.15, 0.2) is 36.4 Å². The average molecular weight is 549 g/mol. The van der Waals surface area contributed by atoms with Crippen LogP contribution in [0.5, 0.6) is 0 Å². The lowest BCUT2D eigenvalue weighted by Crippen LogP contribution is -2.47. The topological polar surface area (TPSA) is 97.9 Å². The van der Waals surface area contributed by atoms with Gasteiger partial charge in [0, 0.05) is 67.3 Å². The monoisotopic (exact) mass is 548 g/mol. The Hall–Kier alpha value is -3.86. The number of carbonyl (C=O) groups is 2. The van der Waals surface area contributed by atoms with Gasteiger partial charge in [0.2, 0.25) is 0 Å². The molecule has 2 amide bonds. The van der Waals surface area contributed by atoms with E-state index in [0.717, 1.165) is 24.8 Å². The molecule has 0 bridgehead atoms. The summed E-state index contributed by atoms with van der Waals surface area (Å²) in [5.41, 5.74) is 4.33. The standard InChI is InChI=1S/C30H30F2N4O4/c1-17-25(33-24-8-9-36(30(39)26(17)24)16-18(37)15-35-10-12-40-13-11-35)14-21-27-19(4-3-7-23(27)34-29(21)38)20-5-2-6-22(31)28(20)32/h2-7,14,18,33,37H,8-13,15-16H2,1H3,(H,34,38)/t18-/m1/s1. The van der Waals surface area contributed by atoms with Crippen molar-refractivity contribution in [2.24, 2.45) is 0 Å². The molecule has 0 spiro atoms. The maximum Gasteiger partial charge on any atom is 0.256 e. The molecule has 2 aromatic carbocycles. The van der Waals surface area contributed by atoms with Crippen LogP contribution < -0.4 is 5.32 Å². The van der Waals surface area contributed by atoms with Crippen molar-refractivity contribution in [3.8, 4) is 11.1 Å². The third-order valence-electron chi connectivity index (χ3n) is 7.86. The Balaban J connectivity index is 1.29. The number of aromatic amines is 1. The van der Waals surface area contributed by atoms with E-state index in [4.69, 9.17) is 4.74 Å². The quantitative estimate of drug-likeness (QED) is 0.410. The summed E-state index contributed by atoms with van der Waals surface area (Å²) >= 11 is 0. The zero-order chi connectivity index (χ0) is 28.0. The van der Waals surface area contributed by atoms with Gasteiger partial charge in [-0.2, -0.15) is 0 Å². The van der Waals surface area contributed by atoms with Gasteiger partial charge in [-0.1, -0.05) is 24.3 Å². The Morgan fingerprint density at radius 3 is 2.58 bits per heavy atom. The first-order valence-electron chi connectivity index (χ1n) is 13.4. The van der Waals surface area contributed by atoms with Crippen molar-refractivity contribution in [1.82, 2.24) is 14.8 Å². The number of anilines is 1. The van der Waals surface area contributed by atoms with Gasteiger partial charge < -0.3 is 25.0 Å². The van der Waals surface area contributed by atoms with E-state index in [2.05, 4.69) is 15.2 Å². The van der Waals surface area contributed by atoms with Crippen LogP contribution in [-0.2, 0) is 16.0 Å². The van der Waals surface area contributed by atoms with Crippen molar-refractivity contribution in [3.05, 3.63) is 76.1 Å². The molecule has 0 radical (unpaired) electrons. The fourth-order valence-electron chi connectivity index (χ4n) is 5.84. The van der Waals surface area contributed by atoms with Gasteiger partial charge >= 0.3 is 0 Å². The van der Waals surface area contributed by atoms with Crippen molar-refractivity contribution in [1.29, 1.82) is 0 Å². The molecule has 3 aromatic rings. The number of aliphatic hydroxyl groups excluding tert-OH is 1. The number of fused-ring (bicyclic) bond motifs is 2. The molecule has 40 heavy (non-hydrogen) atoms. The van der Waals surface area contributed by atoms with Gasteiger partial charge in [0.15, 0.2) is 11.6 Å². The molecular weight excluding hydrogens is 518 g/mol. The molecule has 1 aromatic heterocycles. The zero-order valence-electron chi connectivity index (χ0n) is 22.1. The second kappa shape index (κ2) is 10.6. The summed E-state index contributed by atoms with van der Waals surface area (Å²) in [6, 6.07) is 9.01. The number of rotatable bonds is 6. The fraction of sp³-hybridized carbons (Fsp3) is 0.333. The second-order valence-electron chi connectivity index (χ2n) is 10.4. The Bertz CT molecular complexity index is 1530. The highest BCUT2D eigenvalue weighted by Gasteiger charge is 2.33. The average Bonchev–Trinajstić information content (AvgIpc) is 3.44. The summed E-state index contributed by atoms with van der Waals surface area (Å²) in [6.45, 7) is 5.79. The number of ether oxygens (including phenoxy) is 1. The molecule has 0 unspecified atom stereocenters. The van der Waals surface area contributed by atoms with Crippen LogP contribution in [0.1, 0.15) is 32.9 Å². The Morgan fingerprint density at radius 1 is 1.02 bits per heavy atom. The number of hydrogen-bond acceptors (Lipinski definition) is 5. The SMILES string of the molecule is Cc1c(C=C2C(=O)Nc3cccc(-c4cccc(F)c4F)c32)[nH]c2c1C(=O)N(C[C@H](O)CN1CCOCC1)CC2. The number of nitrogens with one attached hydrogen (secondary N) is 2. The first-order valence-corrected chi connectivity index (χ1v) is 13.4. The summed E-state index contributed by atoms with van der Waals surface area (Å²) in [7, 11) is 0. The fourth-order valence-corrected chi connectivity index (χ4v) is 5.84. The lowest BCUT2D eigenvalue weighted by atomic mass is 9.93. The van der Waals surface area contributed by atoms with Gasteiger partial charge in [0.1, 0.15) is 0 Å². The van der Waals surface area contributed by atoms with E-state index in [0.29, 0.717) is 71.9 Å². The van der Waals surface area contributed by atoms with Gasteiger partial charge in [-0.05, 0) is 36.3 Å². The van der Waals surface area contributed by atoms with Crippen LogP contribution >= 0.6 is 0 Å². The van der Waals surface area contributed by atoms with E-state index in [-0.39, 0.29) is 23.9 Å². The van der Waals surface area contributed by atoms with E-state index >= 15 is 0 Å². The van der Waals surface area contributed by atoms with Crippen molar-refractivity contribution in [2.75, 3.05) is 51.3 Å². The van der Waals surface area contributed by atoms with Gasteiger partial charge in [0.25, 0.3) is 11.8 Å². The predicted octanol–water partition coefficient (Wildman–Crippen LogP) is 3.45. The highest BCUT2D eigenvalue weighted by atomic mass is 19.2. The van der Waals surface area contributed by atoms with Crippen molar-refractivity contribution in [3.63, 3.8) is 0 Å². The van der Waals surface area contributed by atoms with Crippen LogP contribution in [0.4, 0.5) is 14.5 Å². The number of morpholine rings is 1. The molecule has 10 heteroatoms. The third kappa shape index (κ3) is 4.72. The van der Waals surface area contributed by atoms with Crippen LogP contribution in [0.2, 0.25) is 0 Å². The van der Waals surface area contributed by atoms with Crippen LogP contribution in [0.3, 0.4) is 0 Å². The summed E-state index contributed by atoms with van der Waals surface area (Å²) in [4.78, 5) is 33.6. The number of aliphatic hydroxyl groups is 1. The van der Waals surface area contributed by atoms with Crippen molar-refractivity contribution < 1.29 is 28.2 Å². The van der Waals surface area contributed by atoms with E-state index in [1.807, 2.05) is 6.92 Å². The number of aromatic nitrogens is 1. The first kappa shape index (κ1) is 26.4. The number of nitrogens with zero attached hydrogens (tertiary/aromatic N) is 2. The molecule has 1 saturated heterocycles. The Labute approximate surface area is 230 Å². The number of halogens is 2. The van der Waals surface area contributed by atoms with Gasteiger partial charge in [-0.25, -0.2) is 8.78 Å². The minimum Gasteiger partial charge on any atom is -0.390 e. The largest absolute Gasteiger partial charge is 0.390 e. The molecule has 4 heterocycles. The van der Waals surface area contributed by atoms with E-state index in [9.17, 15) is 23.5 Å². The normalized spacial score (nSPS) is 19.1. The van der Waals surface area contributed by atoms with E-state index in [1.54, 1.807) is 29.2 Å². The summed E-state index contributed by atoms with van der Waals surface area (Å²) in [5.74, 6) is -2.49. The zero-order valence-corrected chi connectivity index (χ0v) is 22.1. The van der Waals surface area contributed by atoms with Gasteiger partial charge in [0.05, 0.1) is 30.5 Å². The molecule has 208 valence electrons. The van der Waals surface area contributed by atoms with Crippen molar-refractivity contribution >= 4 is 29.2 Å². The molecule has 3 aliphatic rings. The maximum absolute atomic E-state index is 14.8. The molecule has 1 atom stereocenters. The molecule has 0 aliphatic carbocycles. The third-order valence-corrected chi connectivity index (χ3v) is 7.86. The minimum absolute atomic E-state index is 0.0585. The summed E-state index contributed by atoms with van der Waals surface area (Å²) in [5, 5.41) is 13.5. The van der Waals surface area contributed by atoms with Crippen LogP contribution in [0, 0.1) is 18.6 Å². The number of amides is 2. The highest BCUT2D eigenvalue weighted by molar-refractivity contribution is 6.36. The second-order valence-corrected chi connectivity index (χ2v) is 10.4. The van der Waals surface area contributed by atoms with Gasteiger partial charge in [-0.3, -0.25) is 14.5 Å². The van der Waals surface area contributed by atoms with E-state index < -0.39 is 17.7 Å². The number of H-pyrrole nitrogens is 1. The van der Waals surface area contributed by atoms with Crippen LogP contribution in [0.25, 0.3) is 22.8 Å². The number of carbonyl (C=O) groups excluding carboxylic acids is 2. The molecule has 3 N–H and O–H groups in total. The summed E-state index contributed by atoms with van der Waals surface area (Å²) < 4.78 is 34.2. The van der Waals surface area contributed by atoms with Gasteiger partial charge in [-0.15, -0.1) is 0 Å². The Morgan fingerprint density at radius 2 is 1.77 bits per heavy atom. The lowest BCUT2D eigenvalue weighted by molar-refractivity contribution is -0.110. The van der Waals surface area contributed by atoms with E-state index in [1.165, 1.54) is 12.1 Å². The predicted molar refractivity (Wildman–Crippen MR) is 147 cm³/mol. The highest BCUT2D eigenvalue weighted by Crippen LogP contribution is 2.42. The minimum atomic E-state index is -0.984. The molecule has 3 aliphatic heterocycles. The molecule has 6 rings (SSSR count). The number of β-amino-alcohol motifs (C(OH)–C–C–N with tert-alkyl or cyclic N) is 1. The lowest BCUT2D eigenvalue weighted by Gasteiger charge is -2.32. The molecule has 0 saturated carbocycles.